The Bertz CT molecular complexity index is 221. The lowest BCUT2D eigenvalue weighted by Crippen LogP contribution is -2.09. The Labute approximate surface area is 60.5 Å². The molecule has 0 aromatic carbocycles. The summed E-state index contributed by atoms with van der Waals surface area (Å²) in [6.45, 7) is 3.60. The number of allylic oxidation sites excluding steroid dienone is 2. The molecule has 1 rings (SSSR count). The Morgan fingerprint density at radius 3 is 3.00 bits per heavy atom. The zero-order valence-corrected chi connectivity index (χ0v) is 5.75. The highest BCUT2D eigenvalue weighted by atomic mass is 14.9. The van der Waals surface area contributed by atoms with Crippen LogP contribution in [-0.4, -0.2) is 5.84 Å². The summed E-state index contributed by atoms with van der Waals surface area (Å²) in [6, 6.07) is 0. The largest absolute Gasteiger partial charge is 0.383 e. The Balaban J connectivity index is 2.65. The van der Waals surface area contributed by atoms with Crippen molar-refractivity contribution in [2.45, 2.75) is 6.42 Å². The van der Waals surface area contributed by atoms with E-state index in [1.807, 2.05) is 18.2 Å². The van der Waals surface area contributed by atoms with E-state index in [4.69, 9.17) is 5.73 Å². The number of hydrogen-bond donors (Lipinski definition) is 1. The van der Waals surface area contributed by atoms with Crippen LogP contribution in [0.5, 0.6) is 0 Å². The molecule has 1 aliphatic heterocycles. The van der Waals surface area contributed by atoms with E-state index < -0.39 is 0 Å². The molecule has 0 saturated heterocycles. The first-order valence-electron chi connectivity index (χ1n) is 3.16. The lowest BCUT2D eigenvalue weighted by Gasteiger charge is -1.91. The number of hydrogen-bond acceptors (Lipinski definition) is 2. The first kappa shape index (κ1) is 6.81. The van der Waals surface area contributed by atoms with Crippen molar-refractivity contribution in [3.05, 3.63) is 36.6 Å². The molecule has 1 heterocycles. The maximum atomic E-state index is 5.50. The lowest BCUT2D eigenvalue weighted by molar-refractivity contribution is 1.39. The molecule has 2 nitrogen and oxygen atoms in total. The summed E-state index contributed by atoms with van der Waals surface area (Å²) in [4.78, 5) is 3.88. The summed E-state index contributed by atoms with van der Waals surface area (Å²) < 4.78 is 0. The highest BCUT2D eigenvalue weighted by Crippen LogP contribution is 2.06. The quantitative estimate of drug-likeness (QED) is 0.569. The van der Waals surface area contributed by atoms with Gasteiger partial charge in [0.2, 0.25) is 0 Å². The zero-order valence-electron chi connectivity index (χ0n) is 5.75. The molecule has 2 heteroatoms. The van der Waals surface area contributed by atoms with Gasteiger partial charge in [-0.1, -0.05) is 12.2 Å². The SMILES string of the molecule is C=CC/C=C1/C=CN=C1N. The minimum atomic E-state index is 0.599. The summed E-state index contributed by atoms with van der Waals surface area (Å²) in [7, 11) is 0. The van der Waals surface area contributed by atoms with Crippen LogP contribution in [0.15, 0.2) is 41.6 Å². The van der Waals surface area contributed by atoms with Crippen molar-refractivity contribution in [3.8, 4) is 0 Å². The lowest BCUT2D eigenvalue weighted by atomic mass is 10.2. The Morgan fingerprint density at radius 1 is 1.70 bits per heavy atom. The van der Waals surface area contributed by atoms with E-state index in [9.17, 15) is 0 Å². The number of rotatable bonds is 2. The van der Waals surface area contributed by atoms with Crippen LogP contribution in [0.2, 0.25) is 0 Å². The van der Waals surface area contributed by atoms with E-state index >= 15 is 0 Å². The van der Waals surface area contributed by atoms with E-state index in [0.717, 1.165) is 12.0 Å². The van der Waals surface area contributed by atoms with Crippen molar-refractivity contribution in [2.75, 3.05) is 0 Å². The second-order valence-corrected chi connectivity index (χ2v) is 2.01. The Kier molecular flexibility index (Phi) is 2.05. The molecule has 10 heavy (non-hydrogen) atoms. The van der Waals surface area contributed by atoms with Crippen molar-refractivity contribution in [2.24, 2.45) is 10.7 Å². The van der Waals surface area contributed by atoms with Crippen molar-refractivity contribution < 1.29 is 0 Å². The van der Waals surface area contributed by atoms with Gasteiger partial charge >= 0.3 is 0 Å². The maximum Gasteiger partial charge on any atom is 0.130 e. The third-order valence-corrected chi connectivity index (χ3v) is 1.27. The molecule has 52 valence electrons. The molecule has 0 fully saturated rings. The Morgan fingerprint density at radius 2 is 2.50 bits per heavy atom. The molecular formula is C8H10N2. The van der Waals surface area contributed by atoms with Gasteiger partial charge in [0.05, 0.1) is 0 Å². The first-order chi connectivity index (χ1) is 4.84. The fourth-order valence-electron chi connectivity index (χ4n) is 0.741. The monoisotopic (exact) mass is 134 g/mol. The van der Waals surface area contributed by atoms with Gasteiger partial charge in [0.25, 0.3) is 0 Å². The molecule has 0 amide bonds. The van der Waals surface area contributed by atoms with Gasteiger partial charge in [-0.05, 0) is 12.5 Å². The van der Waals surface area contributed by atoms with Gasteiger partial charge in [-0.3, -0.25) is 0 Å². The second kappa shape index (κ2) is 3.01. The van der Waals surface area contributed by atoms with Crippen LogP contribution in [0, 0.1) is 0 Å². The van der Waals surface area contributed by atoms with Gasteiger partial charge in [0, 0.05) is 11.8 Å². The maximum absolute atomic E-state index is 5.50. The average Bonchev–Trinajstić information content (AvgIpc) is 2.31. The predicted molar refractivity (Wildman–Crippen MR) is 43.7 cm³/mol. The van der Waals surface area contributed by atoms with Crippen LogP contribution in [-0.2, 0) is 0 Å². The second-order valence-electron chi connectivity index (χ2n) is 2.01. The van der Waals surface area contributed by atoms with Gasteiger partial charge in [-0.15, -0.1) is 6.58 Å². The Hall–Kier alpha value is -1.31. The van der Waals surface area contributed by atoms with Crippen LogP contribution in [0.1, 0.15) is 6.42 Å². The molecule has 1 aliphatic rings. The van der Waals surface area contributed by atoms with E-state index in [0.29, 0.717) is 5.84 Å². The minimum absolute atomic E-state index is 0.599. The normalized spacial score (nSPS) is 19.6. The smallest absolute Gasteiger partial charge is 0.130 e. The molecule has 0 atom stereocenters. The summed E-state index contributed by atoms with van der Waals surface area (Å²) >= 11 is 0. The molecule has 0 aliphatic carbocycles. The number of amidine groups is 1. The van der Waals surface area contributed by atoms with Crippen LogP contribution in [0.3, 0.4) is 0 Å². The molecule has 0 aromatic heterocycles. The van der Waals surface area contributed by atoms with Crippen LogP contribution in [0.4, 0.5) is 0 Å². The average molecular weight is 134 g/mol. The van der Waals surface area contributed by atoms with Crippen molar-refractivity contribution in [3.63, 3.8) is 0 Å². The number of nitrogens with zero attached hydrogens (tertiary/aromatic N) is 1. The molecule has 0 radical (unpaired) electrons. The summed E-state index contributed by atoms with van der Waals surface area (Å²) in [5, 5.41) is 0. The number of aliphatic imine (C=N–C) groups is 1. The molecule has 0 bridgehead atoms. The first-order valence-corrected chi connectivity index (χ1v) is 3.16. The van der Waals surface area contributed by atoms with Gasteiger partial charge in [-0.2, -0.15) is 0 Å². The highest BCUT2D eigenvalue weighted by Gasteiger charge is 2.00. The molecule has 0 aromatic rings. The molecule has 0 saturated carbocycles. The minimum Gasteiger partial charge on any atom is -0.383 e. The van der Waals surface area contributed by atoms with E-state index in [-0.39, 0.29) is 0 Å². The van der Waals surface area contributed by atoms with Crippen molar-refractivity contribution in [1.82, 2.24) is 0 Å². The standard InChI is InChI=1S/C8H10N2/c1-2-3-4-7-5-6-10-8(7)9/h2,4-6H,1,3H2,(H2,9,10)/b7-4-. The molecular weight excluding hydrogens is 124 g/mol. The fraction of sp³-hybridized carbons (Fsp3) is 0.125. The molecule has 2 N–H and O–H groups in total. The van der Waals surface area contributed by atoms with E-state index in [2.05, 4.69) is 11.6 Å². The summed E-state index contributed by atoms with van der Waals surface area (Å²) in [5.74, 6) is 0.599. The summed E-state index contributed by atoms with van der Waals surface area (Å²) in [5.41, 5.74) is 6.50. The van der Waals surface area contributed by atoms with Gasteiger partial charge in [0.15, 0.2) is 0 Å². The summed E-state index contributed by atoms with van der Waals surface area (Å²) in [6.07, 6.45) is 8.25. The van der Waals surface area contributed by atoms with Gasteiger partial charge in [-0.25, -0.2) is 4.99 Å². The van der Waals surface area contributed by atoms with Crippen molar-refractivity contribution >= 4 is 5.84 Å². The van der Waals surface area contributed by atoms with E-state index in [1.165, 1.54) is 0 Å². The fourth-order valence-corrected chi connectivity index (χ4v) is 0.741. The highest BCUT2D eigenvalue weighted by molar-refractivity contribution is 6.01. The molecule has 0 unspecified atom stereocenters. The van der Waals surface area contributed by atoms with E-state index in [1.54, 1.807) is 6.20 Å². The number of nitrogens with two attached hydrogens (primary N) is 1. The van der Waals surface area contributed by atoms with Crippen LogP contribution >= 0.6 is 0 Å². The molecule has 0 spiro atoms. The van der Waals surface area contributed by atoms with Crippen LogP contribution in [0.25, 0.3) is 0 Å². The van der Waals surface area contributed by atoms with Crippen LogP contribution < -0.4 is 5.73 Å². The van der Waals surface area contributed by atoms with Gasteiger partial charge in [0.1, 0.15) is 5.84 Å². The zero-order chi connectivity index (χ0) is 7.40. The topological polar surface area (TPSA) is 38.4 Å². The third kappa shape index (κ3) is 1.35. The third-order valence-electron chi connectivity index (χ3n) is 1.27. The van der Waals surface area contributed by atoms with Gasteiger partial charge < -0.3 is 5.73 Å². The van der Waals surface area contributed by atoms with Crippen molar-refractivity contribution in [1.29, 1.82) is 0 Å². The predicted octanol–water partition coefficient (Wildman–Crippen LogP) is 1.37.